The number of Topliss-reactive ketones (excluding diaryl/α,β-unsaturated/α-hetero) is 1. The number of ether oxygens (including phenoxy) is 2. The summed E-state index contributed by atoms with van der Waals surface area (Å²) in [6.07, 6.45) is -7.40. The number of carboxylic acid groups (broad SMARTS) is 1. The predicted molar refractivity (Wildman–Crippen MR) is 154 cm³/mol. The van der Waals surface area contributed by atoms with Crippen LogP contribution in [-0.4, -0.2) is 112 Å². The van der Waals surface area contributed by atoms with Gasteiger partial charge in [-0.2, -0.15) is 4.98 Å². The second-order valence-electron chi connectivity index (χ2n) is 10.3. The summed E-state index contributed by atoms with van der Waals surface area (Å²) in [5, 5.41) is 54.7. The first-order valence-electron chi connectivity index (χ1n) is 13.7. The number of hydrogen-bond acceptors (Lipinski definition) is 16. The highest BCUT2D eigenvalue weighted by atomic mass is 16.7. The molecular weight excluding hydrogens is 614 g/mol. The van der Waals surface area contributed by atoms with Crippen molar-refractivity contribution in [3.63, 3.8) is 0 Å². The molecule has 0 aliphatic carbocycles. The third-order valence-electron chi connectivity index (χ3n) is 7.05. The van der Waals surface area contributed by atoms with E-state index in [2.05, 4.69) is 30.6 Å². The minimum absolute atomic E-state index is 0.00834. The van der Waals surface area contributed by atoms with Gasteiger partial charge in [0.05, 0.1) is 25.0 Å². The van der Waals surface area contributed by atoms with Gasteiger partial charge >= 0.3 is 17.7 Å². The largest absolute Gasteiger partial charge is 0.480 e. The molecule has 0 bridgehead atoms. The van der Waals surface area contributed by atoms with E-state index in [0.29, 0.717) is 11.4 Å². The van der Waals surface area contributed by atoms with Gasteiger partial charge < -0.3 is 51.4 Å². The lowest BCUT2D eigenvalue weighted by Gasteiger charge is -2.45. The molecule has 0 saturated carbocycles. The molecule has 1 aromatic carbocycles. The number of carboxylic acids is 1. The number of aromatic amines is 1. The number of anilines is 2. The second kappa shape index (κ2) is 13.9. The van der Waals surface area contributed by atoms with E-state index in [4.69, 9.17) is 15.2 Å². The van der Waals surface area contributed by atoms with E-state index in [9.17, 15) is 49.5 Å². The minimum Gasteiger partial charge on any atom is -0.480 e. The number of rotatable bonds is 12. The van der Waals surface area contributed by atoms with Crippen LogP contribution in [0.15, 0.2) is 35.3 Å². The number of carbonyl (C=O) groups is 4. The van der Waals surface area contributed by atoms with E-state index < -0.39 is 84.9 Å². The molecule has 0 radical (unpaired) electrons. The normalized spacial score (nSPS) is 23.3. The number of esters is 1. The smallest absolute Gasteiger partial charge is 0.326 e. The van der Waals surface area contributed by atoms with E-state index in [-0.39, 0.29) is 29.2 Å². The van der Waals surface area contributed by atoms with Gasteiger partial charge in [-0.05, 0) is 30.7 Å². The number of fused-ring (bicyclic) bond motifs is 1. The molecule has 1 aliphatic rings. The second-order valence-corrected chi connectivity index (χ2v) is 10.3. The van der Waals surface area contributed by atoms with E-state index in [0.717, 1.165) is 6.92 Å². The molecule has 6 atom stereocenters. The lowest BCUT2D eigenvalue weighted by Crippen LogP contribution is -2.69. The van der Waals surface area contributed by atoms with Crippen molar-refractivity contribution in [3.8, 4) is 0 Å². The Labute approximate surface area is 258 Å². The molecule has 19 nitrogen and oxygen atoms in total. The summed E-state index contributed by atoms with van der Waals surface area (Å²) in [6, 6.07) is 4.30. The number of aliphatic hydroxyl groups excluding tert-OH is 4. The quantitative estimate of drug-likeness (QED) is 0.0896. The number of hydrogen-bond donors (Lipinski definition) is 9. The third-order valence-corrected chi connectivity index (χ3v) is 7.05. The molecule has 4 rings (SSSR count). The van der Waals surface area contributed by atoms with Gasteiger partial charge in [-0.15, -0.1) is 0 Å². The minimum atomic E-state index is -2.77. The van der Waals surface area contributed by atoms with Crippen LogP contribution >= 0.6 is 0 Å². The fourth-order valence-corrected chi connectivity index (χ4v) is 4.56. The number of nitrogens with zero attached hydrogens (tertiary/aromatic N) is 3. The Bertz CT molecular complexity index is 1680. The zero-order chi connectivity index (χ0) is 33.8. The molecule has 1 unspecified atom stereocenters. The molecule has 1 fully saturated rings. The Morgan fingerprint density at radius 3 is 2.46 bits per heavy atom. The SMILES string of the molecule is CC(=O)C1(OC(=O)CC[C@H](NC(=O)c2ccc(NCc3cnc4nc(N)[nH]c(=O)c4n3)cc2)C(=O)O)O[C@H](CO)[C@@H](O)[C@H](O)[C@H]1O. The maximum Gasteiger partial charge on any atom is 0.326 e. The standard InChI is InChI=1S/C27H31N7O12/c1-11(36)27(21(40)20(39)19(38)16(10-35)45-27)46-17(37)7-6-15(25(43)44)32-23(41)12-2-4-13(5-3-12)29-8-14-9-30-22-18(31-14)24(42)34-26(28)33-22/h2-5,9,15-16,19-21,29,35,38-40H,6-8,10H2,1H3,(H,32,41)(H,43,44)(H3,28,30,33,34,42)/t15-,16+,19+,20-,21+,27?/m0/s1. The number of aliphatic carboxylic acids is 1. The fourth-order valence-electron chi connectivity index (χ4n) is 4.56. The van der Waals surface area contributed by atoms with Gasteiger partial charge in [-0.1, -0.05) is 0 Å². The number of amides is 1. The predicted octanol–water partition coefficient (Wildman–Crippen LogP) is -2.83. The number of carbonyl (C=O) groups excluding carboxylic acids is 3. The Balaban J connectivity index is 1.34. The number of aromatic nitrogens is 4. The van der Waals surface area contributed by atoms with Crippen LogP contribution < -0.4 is 21.9 Å². The molecule has 2 aromatic heterocycles. The van der Waals surface area contributed by atoms with Crippen molar-refractivity contribution in [3.05, 3.63) is 52.1 Å². The van der Waals surface area contributed by atoms with Gasteiger partial charge in [0.2, 0.25) is 11.7 Å². The molecule has 19 heteroatoms. The monoisotopic (exact) mass is 645 g/mol. The molecular formula is C27H31N7O12. The average molecular weight is 646 g/mol. The summed E-state index contributed by atoms with van der Waals surface area (Å²) >= 11 is 0. The van der Waals surface area contributed by atoms with Gasteiger partial charge in [-0.3, -0.25) is 24.2 Å². The molecule has 3 aromatic rings. The zero-order valence-corrected chi connectivity index (χ0v) is 24.1. The zero-order valence-electron chi connectivity index (χ0n) is 24.1. The van der Waals surface area contributed by atoms with Crippen LogP contribution in [0.5, 0.6) is 0 Å². The van der Waals surface area contributed by atoms with Crippen molar-refractivity contribution in [2.75, 3.05) is 17.7 Å². The van der Waals surface area contributed by atoms with Gasteiger partial charge in [-0.25, -0.2) is 14.8 Å². The summed E-state index contributed by atoms with van der Waals surface area (Å²) in [7, 11) is 0. The molecule has 3 heterocycles. The topological polar surface area (TPSA) is 310 Å². The highest BCUT2D eigenvalue weighted by Gasteiger charge is 2.59. The highest BCUT2D eigenvalue weighted by Crippen LogP contribution is 2.33. The first-order valence-corrected chi connectivity index (χ1v) is 13.7. The molecule has 1 amide bonds. The first-order chi connectivity index (χ1) is 21.7. The van der Waals surface area contributed by atoms with Crippen LogP contribution in [0.2, 0.25) is 0 Å². The lowest BCUT2D eigenvalue weighted by molar-refractivity contribution is -0.333. The summed E-state index contributed by atoms with van der Waals surface area (Å²) in [6.45, 7) is 0.144. The number of ketones is 1. The maximum absolute atomic E-state index is 12.8. The third kappa shape index (κ3) is 7.24. The Hall–Kier alpha value is -5.08. The van der Waals surface area contributed by atoms with Crippen LogP contribution in [0.3, 0.4) is 0 Å². The average Bonchev–Trinajstić information content (AvgIpc) is 3.02. The van der Waals surface area contributed by atoms with Crippen LogP contribution in [-0.2, 0) is 30.4 Å². The van der Waals surface area contributed by atoms with Gasteiger partial charge in [0.1, 0.15) is 24.4 Å². The molecule has 246 valence electrons. The summed E-state index contributed by atoms with van der Waals surface area (Å²) in [5.41, 5.74) is 6.09. The summed E-state index contributed by atoms with van der Waals surface area (Å²) in [5.74, 6) is -7.43. The Morgan fingerprint density at radius 2 is 1.83 bits per heavy atom. The van der Waals surface area contributed by atoms with Crippen LogP contribution in [0.1, 0.15) is 35.8 Å². The van der Waals surface area contributed by atoms with Crippen LogP contribution in [0, 0.1) is 0 Å². The Morgan fingerprint density at radius 1 is 1.13 bits per heavy atom. The summed E-state index contributed by atoms with van der Waals surface area (Å²) in [4.78, 5) is 76.1. The number of H-pyrrole nitrogens is 1. The lowest BCUT2D eigenvalue weighted by atomic mass is 9.90. The van der Waals surface area contributed by atoms with Crippen molar-refractivity contribution in [2.45, 2.75) is 62.6 Å². The number of nitrogen functional groups attached to an aromatic ring is 1. The molecule has 46 heavy (non-hydrogen) atoms. The van der Waals surface area contributed by atoms with E-state index in [1.54, 1.807) is 0 Å². The van der Waals surface area contributed by atoms with Gasteiger partial charge in [0.15, 0.2) is 17.3 Å². The van der Waals surface area contributed by atoms with Crippen molar-refractivity contribution >= 4 is 46.4 Å². The molecule has 0 spiro atoms. The van der Waals surface area contributed by atoms with Crippen LogP contribution in [0.25, 0.3) is 11.2 Å². The summed E-state index contributed by atoms with van der Waals surface area (Å²) < 4.78 is 10.2. The van der Waals surface area contributed by atoms with E-state index in [1.807, 2.05) is 0 Å². The number of nitrogens with two attached hydrogens (primary N) is 1. The van der Waals surface area contributed by atoms with Crippen molar-refractivity contribution in [2.24, 2.45) is 0 Å². The van der Waals surface area contributed by atoms with Crippen LogP contribution in [0.4, 0.5) is 11.6 Å². The molecule has 1 aliphatic heterocycles. The Kier molecular flexibility index (Phi) is 10.2. The molecule has 1 saturated heterocycles. The maximum atomic E-state index is 12.8. The van der Waals surface area contributed by atoms with Gasteiger partial charge in [0.25, 0.3) is 11.5 Å². The first kappa shape index (κ1) is 33.8. The number of aliphatic hydroxyl groups is 4. The molecule has 10 N–H and O–H groups in total. The highest BCUT2D eigenvalue weighted by molar-refractivity contribution is 5.97. The van der Waals surface area contributed by atoms with E-state index in [1.165, 1.54) is 30.5 Å². The van der Waals surface area contributed by atoms with Crippen molar-refractivity contribution in [1.29, 1.82) is 0 Å². The number of nitrogens with one attached hydrogen (secondary N) is 3. The fraction of sp³-hybridized carbons (Fsp3) is 0.407. The van der Waals surface area contributed by atoms with Crippen molar-refractivity contribution < 1.29 is 54.2 Å². The van der Waals surface area contributed by atoms with E-state index >= 15 is 0 Å². The van der Waals surface area contributed by atoms with Gasteiger partial charge in [0, 0.05) is 24.6 Å². The number of benzene rings is 1. The van der Waals surface area contributed by atoms with Crippen molar-refractivity contribution in [1.82, 2.24) is 25.3 Å².